The molecule has 6 rings (SSSR count). The SMILES string of the molecule is CC[C@H]1OC(=O)[C@H](C)[C@@H](C2C[C@@](C)(OC)[C@@H](O)[C@H](C)O2)[C@H](C)[C@@H](O[C@@H]2O[C@H](C)C[C@H](N(C)CCc3cn(CCc4ccc(-n5ccnn5)cc4)nn3)[C@H]2O)[C@](C)(O)C[C@@H](C)CN(C)[C@H](C)[C@@H](O)[C@]1(C)O. The summed E-state index contributed by atoms with van der Waals surface area (Å²) < 4.78 is 35.8. The Hall–Kier alpha value is -3.47. The van der Waals surface area contributed by atoms with Crippen LogP contribution in [-0.4, -0.2) is 190 Å². The van der Waals surface area contributed by atoms with Crippen LogP contribution in [0.4, 0.5) is 0 Å². The normalized spacial score (nSPS) is 39.9. The van der Waals surface area contributed by atoms with Gasteiger partial charge in [0.15, 0.2) is 6.29 Å². The van der Waals surface area contributed by atoms with Gasteiger partial charge in [-0.25, -0.2) is 4.68 Å². The number of aryl methyl sites for hydroxylation is 2. The van der Waals surface area contributed by atoms with Crippen molar-refractivity contribution in [2.75, 3.05) is 34.3 Å². The second kappa shape index (κ2) is 23.2. The quantitative estimate of drug-likeness (QED) is 0.155. The Balaban J connectivity index is 1.24. The summed E-state index contributed by atoms with van der Waals surface area (Å²) in [7, 11) is 5.35. The van der Waals surface area contributed by atoms with E-state index in [-0.39, 0.29) is 37.3 Å². The summed E-state index contributed by atoms with van der Waals surface area (Å²) in [4.78, 5) is 18.6. The monoisotopic (exact) mass is 985 g/mol. The highest BCUT2D eigenvalue weighted by molar-refractivity contribution is 5.73. The Morgan fingerprint density at radius 1 is 0.943 bits per heavy atom. The first-order valence-corrected chi connectivity index (χ1v) is 25.4. The number of methoxy groups -OCH3 is 1. The molecule has 70 heavy (non-hydrogen) atoms. The Kier molecular flexibility index (Phi) is 18.5. The van der Waals surface area contributed by atoms with Crippen molar-refractivity contribution < 1.29 is 54.0 Å². The molecule has 1 unspecified atom stereocenters. The molecule has 3 saturated heterocycles. The first-order chi connectivity index (χ1) is 32.9. The molecule has 0 spiro atoms. The summed E-state index contributed by atoms with van der Waals surface area (Å²) in [5, 5.41) is 76.8. The summed E-state index contributed by atoms with van der Waals surface area (Å²) in [6, 6.07) is 7.21. The lowest BCUT2D eigenvalue weighted by atomic mass is 9.68. The molecular formula is C51H84N8O11. The number of hydrogen-bond donors (Lipinski definition) is 5. The summed E-state index contributed by atoms with van der Waals surface area (Å²) in [5.74, 6) is -3.10. The van der Waals surface area contributed by atoms with E-state index < -0.39 is 95.6 Å². The summed E-state index contributed by atoms with van der Waals surface area (Å²) in [5.41, 5.74) is -1.52. The molecule has 394 valence electrons. The Labute approximate surface area is 414 Å². The lowest BCUT2D eigenvalue weighted by molar-refractivity contribution is -0.302. The number of aliphatic hydroxyl groups is 5. The molecule has 5 heterocycles. The molecule has 3 aliphatic heterocycles. The molecule has 0 aliphatic carbocycles. The number of carbonyl (C=O) groups excluding carboxylic acids is 1. The van der Waals surface area contributed by atoms with E-state index in [0.29, 0.717) is 32.5 Å². The van der Waals surface area contributed by atoms with Crippen LogP contribution in [0, 0.1) is 23.7 Å². The third-order valence-electron chi connectivity index (χ3n) is 16.0. The van der Waals surface area contributed by atoms with E-state index in [1.165, 1.54) is 14.0 Å². The van der Waals surface area contributed by atoms with Crippen LogP contribution in [-0.2, 0) is 47.9 Å². The molecule has 5 N–H and O–H groups in total. The van der Waals surface area contributed by atoms with Crippen LogP contribution in [0.3, 0.4) is 0 Å². The standard InChI is InChI=1S/C51H84N8O11/c1-14-41-51(10,65)44(61)34(6)57(12)28-30(2)26-49(8,64)46(32(4)42(33(5)47(63)69-41)40-27-50(9,66-13)45(62)35(7)68-40)70-48-43(60)39(25-31(3)67-48)56(11)22-20-37-29-58(55-53-37)23-19-36-15-17-38(18-16-36)59-24-21-52-54-59/h15-18,21,24,29-35,39-46,48,60-62,64-65H,14,19-20,22-23,25-28H2,1-13H3/t30-,31-,32+,33-,34-,35+,39+,40?,41-,42+,43-,44-,45+,46-,48+,49-,50-,51-/m1/s1. The maximum Gasteiger partial charge on any atom is 0.309 e. The molecule has 1 aromatic carbocycles. The third kappa shape index (κ3) is 12.6. The van der Waals surface area contributed by atoms with E-state index in [9.17, 15) is 30.3 Å². The highest BCUT2D eigenvalue weighted by Gasteiger charge is 2.55. The van der Waals surface area contributed by atoms with Gasteiger partial charge in [-0.15, -0.1) is 10.2 Å². The summed E-state index contributed by atoms with van der Waals surface area (Å²) in [6.07, 6.45) is -0.470. The first kappa shape index (κ1) is 55.8. The molecule has 19 nitrogen and oxygen atoms in total. The molecule has 19 heteroatoms. The zero-order valence-electron chi connectivity index (χ0n) is 43.8. The fourth-order valence-corrected chi connectivity index (χ4v) is 11.6. The topological polar surface area (TPSA) is 232 Å². The van der Waals surface area contributed by atoms with Crippen LogP contribution in [0.1, 0.15) is 106 Å². The predicted octanol–water partition coefficient (Wildman–Crippen LogP) is 3.20. The van der Waals surface area contributed by atoms with Gasteiger partial charge in [0.25, 0.3) is 0 Å². The number of aliphatic hydroxyl groups excluding tert-OH is 3. The molecule has 0 bridgehead atoms. The van der Waals surface area contributed by atoms with Crippen LogP contribution in [0.2, 0.25) is 0 Å². The number of esters is 1. The van der Waals surface area contributed by atoms with E-state index in [1.807, 2.05) is 76.6 Å². The van der Waals surface area contributed by atoms with Crippen molar-refractivity contribution in [2.45, 2.75) is 198 Å². The van der Waals surface area contributed by atoms with E-state index in [2.05, 4.69) is 37.7 Å². The van der Waals surface area contributed by atoms with Crippen LogP contribution in [0.15, 0.2) is 42.9 Å². The molecule has 18 atom stereocenters. The van der Waals surface area contributed by atoms with E-state index in [1.54, 1.807) is 44.8 Å². The highest BCUT2D eigenvalue weighted by atomic mass is 16.7. The molecule has 0 amide bonds. The van der Waals surface area contributed by atoms with Gasteiger partial charge in [-0.3, -0.25) is 9.48 Å². The predicted molar refractivity (Wildman–Crippen MR) is 261 cm³/mol. The number of likely N-dealkylation sites (N-methyl/N-ethyl adjacent to an activating group) is 2. The van der Waals surface area contributed by atoms with Gasteiger partial charge in [0.1, 0.15) is 30.0 Å². The number of ether oxygens (including phenoxy) is 5. The second-order valence-corrected chi connectivity index (χ2v) is 21.8. The zero-order chi connectivity index (χ0) is 51.5. The van der Waals surface area contributed by atoms with Crippen molar-refractivity contribution in [3.8, 4) is 5.69 Å². The van der Waals surface area contributed by atoms with Gasteiger partial charge < -0.3 is 59.0 Å². The van der Waals surface area contributed by atoms with Crippen molar-refractivity contribution >= 4 is 5.97 Å². The minimum Gasteiger partial charge on any atom is -0.459 e. The Morgan fingerprint density at radius 2 is 1.64 bits per heavy atom. The van der Waals surface area contributed by atoms with E-state index in [0.717, 1.165) is 23.4 Å². The number of hydrogen-bond acceptors (Lipinski definition) is 17. The average Bonchev–Trinajstić information content (AvgIpc) is 4.03. The number of aromatic nitrogens is 6. The van der Waals surface area contributed by atoms with Gasteiger partial charge in [0.2, 0.25) is 0 Å². The summed E-state index contributed by atoms with van der Waals surface area (Å²) in [6.45, 7) is 19.7. The molecular weight excluding hydrogens is 901 g/mol. The first-order valence-electron chi connectivity index (χ1n) is 25.4. The molecule has 0 radical (unpaired) electrons. The van der Waals surface area contributed by atoms with Crippen molar-refractivity contribution in [3.05, 3.63) is 54.1 Å². The fourth-order valence-electron chi connectivity index (χ4n) is 11.6. The van der Waals surface area contributed by atoms with Crippen LogP contribution in [0.5, 0.6) is 0 Å². The van der Waals surface area contributed by atoms with Crippen molar-refractivity contribution in [1.82, 2.24) is 39.8 Å². The highest BCUT2D eigenvalue weighted by Crippen LogP contribution is 2.45. The molecule has 3 fully saturated rings. The Morgan fingerprint density at radius 3 is 2.29 bits per heavy atom. The van der Waals surface area contributed by atoms with Crippen molar-refractivity contribution in [2.24, 2.45) is 23.7 Å². The van der Waals surface area contributed by atoms with Gasteiger partial charge in [0.05, 0.1) is 65.3 Å². The van der Waals surface area contributed by atoms with E-state index in [4.69, 9.17) is 23.7 Å². The lowest BCUT2D eigenvalue weighted by Gasteiger charge is -2.51. The largest absolute Gasteiger partial charge is 0.459 e. The number of benzene rings is 1. The minimum atomic E-state index is -1.81. The van der Waals surface area contributed by atoms with Gasteiger partial charge in [-0.2, -0.15) is 0 Å². The van der Waals surface area contributed by atoms with Gasteiger partial charge in [0, 0.05) is 63.8 Å². The van der Waals surface area contributed by atoms with Gasteiger partial charge in [-0.1, -0.05) is 50.3 Å². The van der Waals surface area contributed by atoms with Crippen molar-refractivity contribution in [3.63, 3.8) is 0 Å². The zero-order valence-corrected chi connectivity index (χ0v) is 43.8. The van der Waals surface area contributed by atoms with Crippen LogP contribution >= 0.6 is 0 Å². The van der Waals surface area contributed by atoms with Crippen molar-refractivity contribution in [1.29, 1.82) is 0 Å². The van der Waals surface area contributed by atoms with E-state index >= 15 is 0 Å². The second-order valence-electron chi connectivity index (χ2n) is 21.8. The lowest BCUT2D eigenvalue weighted by Crippen LogP contribution is -2.62. The van der Waals surface area contributed by atoms with Gasteiger partial charge >= 0.3 is 5.97 Å². The summed E-state index contributed by atoms with van der Waals surface area (Å²) >= 11 is 0. The maximum atomic E-state index is 14.6. The maximum absolute atomic E-state index is 14.6. The van der Waals surface area contributed by atoms with Crippen LogP contribution < -0.4 is 0 Å². The average molecular weight is 985 g/mol. The Bertz CT molecular complexity index is 2090. The molecule has 2 aromatic heterocycles. The number of nitrogens with zero attached hydrogens (tertiary/aromatic N) is 8. The van der Waals surface area contributed by atoms with Crippen LogP contribution in [0.25, 0.3) is 5.69 Å². The number of rotatable bonds is 13. The minimum absolute atomic E-state index is 0.165. The molecule has 3 aliphatic rings. The number of carbonyl (C=O) groups is 1. The molecule has 3 aromatic rings. The molecule has 0 saturated carbocycles. The van der Waals surface area contributed by atoms with Gasteiger partial charge in [-0.05, 0) is 111 Å². The fraction of sp³-hybridized carbons (Fsp3) is 0.784. The smallest absolute Gasteiger partial charge is 0.309 e. The number of cyclic esters (lactones) is 1. The third-order valence-corrected chi connectivity index (χ3v) is 16.0.